The van der Waals surface area contributed by atoms with Crippen LogP contribution in [0.2, 0.25) is 0 Å². The van der Waals surface area contributed by atoms with Crippen molar-refractivity contribution in [2.24, 2.45) is 0 Å². The molecule has 2 rings (SSSR count). The molecule has 42 heavy (non-hydrogen) atoms. The largest absolute Gasteiger partial charge is 0.490 e. The van der Waals surface area contributed by atoms with Gasteiger partial charge in [0.2, 0.25) is 0 Å². The van der Waals surface area contributed by atoms with E-state index in [1.165, 1.54) is 34.7 Å². The number of carbonyl (C=O) groups excluding carboxylic acids is 1. The van der Waals surface area contributed by atoms with E-state index >= 15 is 0 Å². The van der Waals surface area contributed by atoms with Crippen LogP contribution in [0.15, 0.2) is 15.8 Å². The van der Waals surface area contributed by atoms with E-state index in [2.05, 4.69) is 25.8 Å². The number of rotatable bonds is 16. The van der Waals surface area contributed by atoms with Crippen molar-refractivity contribution in [3.63, 3.8) is 0 Å². The number of phosphoric ester groups is 1. The van der Waals surface area contributed by atoms with Crippen molar-refractivity contribution < 1.29 is 81.1 Å². The molecule has 0 aliphatic carbocycles. The molecule has 1 radical (unpaired) electrons. The fraction of sp³-hybridized carbons (Fsp3) is 0.667. The fourth-order valence-electron chi connectivity index (χ4n) is 3.20. The number of aromatic amines is 1. The zero-order valence-corrected chi connectivity index (χ0v) is 29.3. The second-order valence-electron chi connectivity index (χ2n) is 9.04. The van der Waals surface area contributed by atoms with E-state index in [0.29, 0.717) is 6.54 Å². The minimum Gasteiger partial charge on any atom is -0.364 e. The molecule has 1 aliphatic rings. The summed E-state index contributed by atoms with van der Waals surface area (Å²) in [6.07, 6.45) is -1.72. The smallest absolute Gasteiger partial charge is 0.364 e. The predicted molar refractivity (Wildman–Crippen MR) is 146 cm³/mol. The second kappa shape index (κ2) is 16.4. The monoisotopic (exact) mass is 873 g/mol. The van der Waals surface area contributed by atoms with Gasteiger partial charge in [0.15, 0.2) is 5.91 Å². The number of aryl methyl sites for hydroxylation is 1. The van der Waals surface area contributed by atoms with Gasteiger partial charge in [-0.15, -0.1) is 6.42 Å². The Morgan fingerprint density at radius 3 is 2.45 bits per heavy atom. The molecule has 3 unspecified atom stereocenters. The van der Waals surface area contributed by atoms with E-state index in [0.717, 1.165) is 4.57 Å². The van der Waals surface area contributed by atoms with Gasteiger partial charge in [-0.3, -0.25) is 23.7 Å². The summed E-state index contributed by atoms with van der Waals surface area (Å²) in [5.41, 5.74) is -1.21. The Morgan fingerprint density at radius 2 is 1.86 bits per heavy atom. The third kappa shape index (κ3) is 13.9. The van der Waals surface area contributed by atoms with Crippen LogP contribution in [0, 0.1) is 13.8 Å². The average molecular weight is 873 g/mol. The molecular formula is C18H31N3O15P3ReS2-. The van der Waals surface area contributed by atoms with Gasteiger partial charge in [0, 0.05) is 49.9 Å². The zero-order chi connectivity index (χ0) is 31.2. The second-order valence-corrected chi connectivity index (χ2v) is 16.4. The zero-order valence-electron chi connectivity index (χ0n) is 22.3. The van der Waals surface area contributed by atoms with Gasteiger partial charge in [-0.1, -0.05) is 21.6 Å². The molecule has 6 N–H and O–H groups in total. The summed E-state index contributed by atoms with van der Waals surface area (Å²) in [6.45, 7) is 8.29. The third-order valence-corrected chi connectivity index (χ3v) is 11.8. The van der Waals surface area contributed by atoms with Gasteiger partial charge in [0.25, 0.3) is 5.56 Å². The van der Waals surface area contributed by atoms with Crippen molar-refractivity contribution in [2.45, 2.75) is 56.8 Å². The number of hydrogen-bond donors (Lipinski definition) is 6. The number of amides is 1. The Bertz CT molecular complexity index is 1340. The average Bonchev–Trinajstić information content (AvgIpc) is 3.22. The number of H-pyrrole nitrogens is 1. The first kappa shape index (κ1) is 39.9. The van der Waals surface area contributed by atoms with Crippen LogP contribution in [0.25, 0.3) is 0 Å². The fourth-order valence-corrected chi connectivity index (χ4v) is 8.40. The molecule has 0 aromatic carbocycles. The van der Waals surface area contributed by atoms with Crippen molar-refractivity contribution >= 4 is 51.0 Å². The van der Waals surface area contributed by atoms with Crippen LogP contribution in [0.1, 0.15) is 38.5 Å². The maximum absolute atomic E-state index is 12.4. The minimum absolute atomic E-state index is 0. The van der Waals surface area contributed by atoms with Crippen LogP contribution in [0.3, 0.4) is 0 Å². The van der Waals surface area contributed by atoms with Crippen molar-refractivity contribution in [3.8, 4) is 0 Å². The Balaban J connectivity index is 0.00000882. The summed E-state index contributed by atoms with van der Waals surface area (Å²) in [5.74, 6) is -0.163. The Labute approximate surface area is 261 Å². The van der Waals surface area contributed by atoms with E-state index in [1.807, 2.05) is 13.8 Å². The van der Waals surface area contributed by atoms with E-state index in [-0.39, 0.29) is 50.7 Å². The van der Waals surface area contributed by atoms with E-state index < -0.39 is 64.5 Å². The van der Waals surface area contributed by atoms with E-state index in [4.69, 9.17) is 23.8 Å². The summed E-state index contributed by atoms with van der Waals surface area (Å²) >= 11 is 0. The third-order valence-electron chi connectivity index (χ3n) is 5.01. The first-order chi connectivity index (χ1) is 18.7. The van der Waals surface area contributed by atoms with Crippen molar-refractivity contribution in [1.82, 2.24) is 14.9 Å². The number of nitrogens with zero attached hydrogens (tertiary/aromatic N) is 1. The van der Waals surface area contributed by atoms with Crippen LogP contribution in [0.5, 0.6) is 0 Å². The SMILES string of the molecule is [CH2-]CC(=O)NCC(C)(C)SSCOC1C[C@H](n2cc(C)c(=O)[nH]c2=O)O[C@@H]1COP(=O)(O)OP(=O)(O)OP(=O)(O)O.[Re]. The number of aromatic nitrogens is 2. The van der Waals surface area contributed by atoms with Gasteiger partial charge in [-0.25, -0.2) is 18.5 Å². The number of hydrogen-bond acceptors (Lipinski definition) is 13. The molecule has 1 amide bonds. The number of carbonyl (C=O) groups is 1. The summed E-state index contributed by atoms with van der Waals surface area (Å²) in [7, 11) is -14.1. The topological polar surface area (TPSA) is 262 Å². The first-order valence-electron chi connectivity index (χ1n) is 11.5. The summed E-state index contributed by atoms with van der Waals surface area (Å²) in [4.78, 5) is 74.2. The Hall–Kier alpha value is -0.158. The van der Waals surface area contributed by atoms with Gasteiger partial charge >= 0.3 is 29.2 Å². The van der Waals surface area contributed by atoms with Gasteiger partial charge in [-0.2, -0.15) is 8.62 Å². The normalized spacial score (nSPS) is 22.1. The molecule has 18 nitrogen and oxygen atoms in total. The molecule has 1 aromatic rings. The van der Waals surface area contributed by atoms with Gasteiger partial charge in [0.05, 0.1) is 12.7 Å². The molecule has 0 spiro atoms. The van der Waals surface area contributed by atoms with Crippen LogP contribution < -0.4 is 16.6 Å². The molecule has 1 aliphatic heterocycles. The van der Waals surface area contributed by atoms with Crippen molar-refractivity contribution in [2.75, 3.05) is 19.1 Å². The van der Waals surface area contributed by atoms with Gasteiger partial charge in [0.1, 0.15) is 18.3 Å². The molecule has 0 saturated carbocycles. The summed E-state index contributed by atoms with van der Waals surface area (Å²) in [6, 6.07) is 0. The summed E-state index contributed by atoms with van der Waals surface area (Å²) in [5, 5.41) is 2.74. The molecular weight excluding hydrogens is 841 g/mol. The molecule has 1 saturated heterocycles. The quantitative estimate of drug-likeness (QED) is 0.0450. The maximum atomic E-state index is 12.4. The van der Waals surface area contributed by atoms with Gasteiger partial charge in [-0.05, 0) is 20.8 Å². The number of nitrogens with one attached hydrogen (secondary N) is 2. The minimum atomic E-state index is -5.73. The number of phosphoric acid groups is 3. The Morgan fingerprint density at radius 1 is 1.21 bits per heavy atom. The molecule has 24 heteroatoms. The summed E-state index contributed by atoms with van der Waals surface area (Å²) < 4.78 is 59.0. The number of ether oxygens (including phenoxy) is 2. The van der Waals surface area contributed by atoms with Gasteiger partial charge < -0.3 is 41.3 Å². The molecule has 1 aromatic heterocycles. The molecule has 2 heterocycles. The first-order valence-corrected chi connectivity index (χ1v) is 18.3. The van der Waals surface area contributed by atoms with E-state index in [9.17, 15) is 37.9 Å². The van der Waals surface area contributed by atoms with Crippen molar-refractivity contribution in [3.05, 3.63) is 39.5 Å². The maximum Gasteiger partial charge on any atom is 0.490 e. The van der Waals surface area contributed by atoms with Crippen LogP contribution in [-0.2, 0) is 61.5 Å². The predicted octanol–water partition coefficient (Wildman–Crippen LogP) is 1.32. The van der Waals surface area contributed by atoms with Crippen molar-refractivity contribution in [1.29, 1.82) is 0 Å². The molecule has 243 valence electrons. The van der Waals surface area contributed by atoms with Crippen LogP contribution in [-0.4, -0.2) is 71.1 Å². The molecule has 5 atom stereocenters. The Kier molecular flexibility index (Phi) is 15.6. The van der Waals surface area contributed by atoms with E-state index in [1.54, 1.807) is 0 Å². The molecule has 1 fully saturated rings. The standard InChI is InChI=1S/C18H31N3O15P3S2.Re/c1-5-14(22)19-9-18(3,4)41-40-10-32-12-6-15(21-7-11(2)16(23)20-17(21)24)34-13(12)8-33-38(28,29)36-39(30,31)35-37(25,26)27;/h7,12-13,15H,1,5-6,8-10H2,2-4H3,(H,19,22)(H,28,29)(H,30,31)(H,20,23,24)(H2,25,26,27);/q-1;/t12?,13-,15-;/m1./s1. The van der Waals surface area contributed by atoms with Crippen LogP contribution >= 0.6 is 45.1 Å². The van der Waals surface area contributed by atoms with Crippen LogP contribution in [0.4, 0.5) is 0 Å². The molecule has 0 bridgehead atoms.